The van der Waals surface area contributed by atoms with Gasteiger partial charge in [0.1, 0.15) is 0 Å². The van der Waals surface area contributed by atoms with Crippen molar-refractivity contribution in [2.24, 2.45) is 0 Å². The molecule has 49 heavy (non-hydrogen) atoms. The van der Waals surface area contributed by atoms with Crippen molar-refractivity contribution in [2.45, 2.75) is 233 Å². The molecule has 9 nitrogen and oxygen atoms in total. The first-order valence-corrected chi connectivity index (χ1v) is 20.2. The summed E-state index contributed by atoms with van der Waals surface area (Å²) < 4.78 is 10.2. The Balaban J connectivity index is 4.13. The van der Waals surface area contributed by atoms with Gasteiger partial charge >= 0.3 is 23.9 Å². The lowest BCUT2D eigenvalue weighted by molar-refractivity contribution is -0.462. The highest BCUT2D eigenvalue weighted by molar-refractivity contribution is 5.79. The van der Waals surface area contributed by atoms with E-state index >= 15 is 0 Å². The van der Waals surface area contributed by atoms with Crippen molar-refractivity contribution in [3.63, 3.8) is 0 Å². The molecule has 0 aliphatic heterocycles. The van der Waals surface area contributed by atoms with Gasteiger partial charge < -0.3 is 9.47 Å². The van der Waals surface area contributed by atoms with Crippen LogP contribution in [0.5, 0.6) is 0 Å². The molecule has 0 saturated carbocycles. The minimum Gasteiger partial charge on any atom is -0.450 e. The molecule has 0 aromatic heterocycles. The second-order valence-corrected chi connectivity index (χ2v) is 13.8. The van der Waals surface area contributed by atoms with E-state index in [1.807, 2.05) is 0 Å². The van der Waals surface area contributed by atoms with Crippen LogP contribution in [0.1, 0.15) is 220 Å². The highest BCUT2D eigenvalue weighted by atomic mass is 17.5. The van der Waals surface area contributed by atoms with E-state index in [2.05, 4.69) is 28.7 Å². The second kappa shape index (κ2) is 35.7. The van der Waals surface area contributed by atoms with Gasteiger partial charge in [-0.25, -0.2) is 9.59 Å². The molecule has 0 heterocycles. The molecule has 0 aliphatic carbocycles. The molecule has 0 bridgehead atoms. The fourth-order valence-corrected chi connectivity index (χ4v) is 6.09. The van der Waals surface area contributed by atoms with Gasteiger partial charge in [-0.1, -0.05) is 181 Å². The van der Waals surface area contributed by atoms with Crippen LogP contribution in [0, 0.1) is 0 Å². The summed E-state index contributed by atoms with van der Waals surface area (Å²) in [6, 6.07) is 0. The van der Waals surface area contributed by atoms with Gasteiger partial charge in [0.05, 0.1) is 0 Å². The third-order valence-corrected chi connectivity index (χ3v) is 9.01. The summed E-state index contributed by atoms with van der Waals surface area (Å²) in [5.41, 5.74) is 0. The van der Waals surface area contributed by atoms with Crippen LogP contribution in [0.15, 0.2) is 0 Å². The predicted octanol–water partition coefficient (Wildman–Crippen LogP) is 11.5. The lowest BCUT2D eigenvalue weighted by Crippen LogP contribution is -2.31. The molecule has 288 valence electrons. The van der Waals surface area contributed by atoms with Gasteiger partial charge in [-0.15, -0.1) is 0 Å². The highest BCUT2D eigenvalue weighted by Crippen LogP contribution is 2.17. The van der Waals surface area contributed by atoms with Crippen molar-refractivity contribution in [3.8, 4) is 0 Å². The van der Waals surface area contributed by atoms with Crippen LogP contribution < -0.4 is 0 Å². The molecule has 0 saturated heterocycles. The molecule has 2 unspecified atom stereocenters. The molecule has 0 rings (SSSR count). The molecular weight excluding hydrogens is 624 g/mol. The lowest BCUT2D eigenvalue weighted by atomic mass is 10.0. The minimum absolute atomic E-state index is 0.281. The maximum absolute atomic E-state index is 12.5. The van der Waals surface area contributed by atoms with Crippen molar-refractivity contribution in [2.75, 3.05) is 0 Å². The first kappa shape index (κ1) is 46.8. The number of esters is 2. The lowest BCUT2D eigenvalue weighted by Gasteiger charge is -2.16. The quantitative estimate of drug-likeness (QED) is 0.0273. The fourth-order valence-electron chi connectivity index (χ4n) is 6.09. The molecule has 0 N–H and O–H groups in total. The van der Waals surface area contributed by atoms with Crippen LogP contribution in [0.3, 0.4) is 0 Å². The summed E-state index contributed by atoms with van der Waals surface area (Å²) in [7, 11) is 0. The molecule has 0 aliphatic rings. The summed E-state index contributed by atoms with van der Waals surface area (Å²) >= 11 is 0. The topological polar surface area (TPSA) is 114 Å². The number of hydrogen-bond donors (Lipinski definition) is 0. The Morgan fingerprint density at radius 1 is 0.367 bits per heavy atom. The van der Waals surface area contributed by atoms with E-state index < -0.39 is 36.1 Å². The fraction of sp³-hybridized carbons (Fsp3) is 0.900. The van der Waals surface area contributed by atoms with Crippen molar-refractivity contribution >= 4 is 23.9 Å². The smallest absolute Gasteiger partial charge is 0.386 e. The van der Waals surface area contributed by atoms with E-state index in [1.54, 1.807) is 0 Å². The normalized spacial score (nSPS) is 12.3. The average molecular weight is 699 g/mol. The van der Waals surface area contributed by atoms with Crippen LogP contribution in [0.2, 0.25) is 0 Å². The monoisotopic (exact) mass is 699 g/mol. The average Bonchev–Trinajstić information content (AvgIpc) is 3.07. The van der Waals surface area contributed by atoms with Crippen LogP contribution in [0.25, 0.3) is 0 Å². The SMILES string of the molecule is CCCCCCCCCCCCCCCCC(OC(C)=O)C(=O)OOOC(=O)C(CCCCCCCCCCCCCCCC)OC(C)=O. The van der Waals surface area contributed by atoms with Crippen LogP contribution in [-0.2, 0) is 43.5 Å². The Morgan fingerprint density at radius 3 is 0.816 bits per heavy atom. The summed E-state index contributed by atoms with van der Waals surface area (Å²) in [4.78, 5) is 57.3. The van der Waals surface area contributed by atoms with E-state index in [1.165, 1.54) is 142 Å². The zero-order chi connectivity index (χ0) is 36.2. The molecule has 2 atom stereocenters. The highest BCUT2D eigenvalue weighted by Gasteiger charge is 2.28. The van der Waals surface area contributed by atoms with E-state index in [4.69, 9.17) is 9.47 Å². The summed E-state index contributed by atoms with van der Waals surface area (Å²) in [5, 5.41) is 4.45. The zero-order valence-electron chi connectivity index (χ0n) is 32.0. The summed E-state index contributed by atoms with van der Waals surface area (Å²) in [5.74, 6) is -3.16. The van der Waals surface area contributed by atoms with E-state index in [-0.39, 0.29) is 12.8 Å². The molecule has 0 spiro atoms. The van der Waals surface area contributed by atoms with Gasteiger partial charge in [0.15, 0.2) is 0 Å². The van der Waals surface area contributed by atoms with Gasteiger partial charge in [-0.2, -0.15) is 0 Å². The molecule has 9 heteroatoms. The summed E-state index contributed by atoms with van der Waals surface area (Å²) in [6.45, 7) is 6.92. The maximum atomic E-state index is 12.5. The van der Waals surface area contributed by atoms with Crippen molar-refractivity contribution in [3.05, 3.63) is 0 Å². The Hall–Kier alpha value is -2.16. The van der Waals surface area contributed by atoms with Crippen molar-refractivity contribution in [1.29, 1.82) is 0 Å². The predicted molar refractivity (Wildman–Crippen MR) is 194 cm³/mol. The van der Waals surface area contributed by atoms with Crippen molar-refractivity contribution in [1.82, 2.24) is 0 Å². The number of ether oxygens (including phenoxy) is 2. The first-order chi connectivity index (χ1) is 23.8. The summed E-state index contributed by atoms with van der Waals surface area (Å²) in [6.07, 6.45) is 32.1. The number of carbonyl (C=O) groups is 4. The second-order valence-electron chi connectivity index (χ2n) is 13.8. The number of hydrogen-bond acceptors (Lipinski definition) is 9. The molecule has 0 fully saturated rings. The van der Waals surface area contributed by atoms with Crippen molar-refractivity contribution < 1.29 is 43.5 Å². The first-order valence-electron chi connectivity index (χ1n) is 20.2. The van der Waals surface area contributed by atoms with Crippen LogP contribution >= 0.6 is 0 Å². The van der Waals surface area contributed by atoms with Crippen LogP contribution in [-0.4, -0.2) is 36.1 Å². The van der Waals surface area contributed by atoms with Gasteiger partial charge in [0, 0.05) is 18.9 Å². The van der Waals surface area contributed by atoms with E-state index in [9.17, 15) is 19.2 Å². The molecule has 0 aromatic carbocycles. The number of rotatable bonds is 36. The van der Waals surface area contributed by atoms with Gasteiger partial charge in [-0.05, 0) is 25.7 Å². The Kier molecular flexibility index (Phi) is 34.1. The minimum atomic E-state index is -1.16. The molecular formula is C40H74O9. The maximum Gasteiger partial charge on any atom is 0.386 e. The molecule has 0 radical (unpaired) electrons. The Morgan fingerprint density at radius 2 is 0.592 bits per heavy atom. The number of carbonyl (C=O) groups excluding carboxylic acids is 4. The van der Waals surface area contributed by atoms with Gasteiger partial charge in [-0.3, -0.25) is 19.4 Å². The van der Waals surface area contributed by atoms with E-state index in [0.29, 0.717) is 12.8 Å². The van der Waals surface area contributed by atoms with Crippen LogP contribution in [0.4, 0.5) is 0 Å². The molecule has 0 aromatic rings. The molecule has 0 amide bonds. The third kappa shape index (κ3) is 32.8. The zero-order valence-corrected chi connectivity index (χ0v) is 32.0. The Bertz CT molecular complexity index is 737. The standard InChI is InChI=1S/C40H74O9/c1-5-7-9-11-13-15-17-19-21-23-25-27-29-31-33-37(45-35(3)41)39(43)47-49-48-40(44)38(46-36(4)42)34-32-30-28-26-24-22-20-18-16-14-12-10-8-6-2/h37-38H,5-34H2,1-4H3. The van der Waals surface area contributed by atoms with Gasteiger partial charge in [0.2, 0.25) is 12.2 Å². The largest absolute Gasteiger partial charge is 0.450 e. The van der Waals surface area contributed by atoms with E-state index in [0.717, 1.165) is 38.5 Å². The van der Waals surface area contributed by atoms with Gasteiger partial charge in [0.25, 0.3) is 0 Å². The Labute approximate surface area is 299 Å². The third-order valence-electron chi connectivity index (χ3n) is 9.01. The number of unbranched alkanes of at least 4 members (excludes halogenated alkanes) is 26.